The Hall–Kier alpha value is -4.52. The lowest BCUT2D eigenvalue weighted by atomic mass is 9.93. The minimum Gasteiger partial charge on any atom is -0.450 e. The molecule has 0 amide bonds. The molecule has 8 heteroatoms. The topological polar surface area (TPSA) is 53.0 Å². The van der Waals surface area contributed by atoms with E-state index in [1.165, 1.54) is 290 Å². The fraction of sp³-hybridized carbons (Fsp3) is 0.615. The third-order valence-corrected chi connectivity index (χ3v) is 20.3. The lowest BCUT2D eigenvalue weighted by Gasteiger charge is -2.22. The fourth-order valence-corrected chi connectivity index (χ4v) is 15.1. The molecule has 6 nitrogen and oxygen atoms in total. The summed E-state index contributed by atoms with van der Waals surface area (Å²) in [6.07, 6.45) is 54.0. The van der Waals surface area contributed by atoms with Gasteiger partial charge in [-0.25, -0.2) is 9.98 Å². The zero-order valence-electron chi connectivity index (χ0n) is 54.1. The molecule has 468 valence electrons. The number of ether oxygens (including phenoxy) is 2. The van der Waals surface area contributed by atoms with Crippen LogP contribution in [0.1, 0.15) is 285 Å². The van der Waals surface area contributed by atoms with Crippen LogP contribution in [0, 0.1) is 11.8 Å². The van der Waals surface area contributed by atoms with Crippen LogP contribution in [-0.4, -0.2) is 9.13 Å². The second-order valence-corrected chi connectivity index (χ2v) is 27.2. The smallest absolute Gasteiger partial charge is 0.175 e. The van der Waals surface area contributed by atoms with Crippen molar-refractivity contribution >= 4 is 78.2 Å². The molecule has 2 aliphatic heterocycles. The lowest BCUT2D eigenvalue weighted by molar-refractivity contribution is 0.364. The molecule has 4 heterocycles. The van der Waals surface area contributed by atoms with E-state index in [1.54, 1.807) is 0 Å². The third kappa shape index (κ3) is 17.5. The molecule has 0 saturated carbocycles. The van der Waals surface area contributed by atoms with Crippen molar-refractivity contribution in [3.63, 3.8) is 0 Å². The summed E-state index contributed by atoms with van der Waals surface area (Å²) in [6, 6.07) is 26.5. The Morgan fingerprint density at radius 1 is 0.326 bits per heavy atom. The van der Waals surface area contributed by atoms with Gasteiger partial charge in [0.1, 0.15) is 32.1 Å². The van der Waals surface area contributed by atoms with Crippen molar-refractivity contribution < 1.29 is 9.47 Å². The van der Waals surface area contributed by atoms with Crippen molar-refractivity contribution in [2.75, 3.05) is 0 Å². The minimum absolute atomic E-state index is 0.361. The average Bonchev–Trinajstić information content (AvgIpc) is 1.74. The number of para-hydroxylation sites is 2. The van der Waals surface area contributed by atoms with Gasteiger partial charge in [0.15, 0.2) is 23.0 Å². The zero-order valence-corrected chi connectivity index (χ0v) is 55.7. The third-order valence-electron chi connectivity index (χ3n) is 19.6. The quantitative estimate of drug-likeness (QED) is 0.0357. The van der Waals surface area contributed by atoms with Crippen molar-refractivity contribution in [2.45, 2.75) is 298 Å². The summed E-state index contributed by atoms with van der Waals surface area (Å²) in [7, 11) is 0. The molecule has 86 heavy (non-hydrogen) atoms. The molecule has 0 fully saturated rings. The van der Waals surface area contributed by atoms with Gasteiger partial charge in [0.05, 0.1) is 21.8 Å². The number of unbranched alkanes of at least 4 members (excludes halogenated alkanes) is 32. The maximum absolute atomic E-state index is 7.55. The van der Waals surface area contributed by atoms with Crippen LogP contribution in [0.3, 0.4) is 0 Å². The number of hydrogen-bond acceptors (Lipinski definition) is 4. The maximum Gasteiger partial charge on any atom is 0.175 e. The van der Waals surface area contributed by atoms with Gasteiger partial charge < -0.3 is 18.6 Å². The van der Waals surface area contributed by atoms with Crippen LogP contribution >= 0.6 is 23.2 Å². The van der Waals surface area contributed by atoms with Gasteiger partial charge in [0.25, 0.3) is 0 Å². The molecular weight excluding hydrogens is 1100 g/mol. The number of fused-ring (bicyclic) bond motifs is 12. The first-order valence-electron chi connectivity index (χ1n) is 35.9. The van der Waals surface area contributed by atoms with Gasteiger partial charge in [-0.2, -0.15) is 0 Å². The highest BCUT2D eigenvalue weighted by Gasteiger charge is 2.31. The standard InChI is InChI=1S/C78H110Cl2N4O2/c1-5-9-13-17-21-25-27-31-35-39-47-59(45-37-33-29-23-19-15-11-7-3)57-83-65-51-43-41-49-61(65)69-67(83)55-53-63-75(69)85-77-71(79)74-78(72(80)73(77)81-63)86-76-64(82-74)54-56-68-70(76)62-50-42-44-52-66(62)84(68)58-60(46-38-34-30-24-20-16-12-8-4)48-40-36-32-28-26-22-18-14-10-6-2/h41-44,49-56,59-60H,5-40,45-48,57-58H2,1-4H3. The average molecular weight is 1210 g/mol. The lowest BCUT2D eigenvalue weighted by Crippen LogP contribution is -2.22. The van der Waals surface area contributed by atoms with Crippen molar-refractivity contribution in [3.05, 3.63) is 93.6 Å². The monoisotopic (exact) mass is 1200 g/mol. The second kappa shape index (κ2) is 35.6. The second-order valence-electron chi connectivity index (χ2n) is 26.5. The highest BCUT2D eigenvalue weighted by Crippen LogP contribution is 2.50. The molecule has 2 unspecified atom stereocenters. The molecule has 9 rings (SSSR count). The van der Waals surface area contributed by atoms with Crippen LogP contribution in [0.4, 0.5) is 11.4 Å². The zero-order chi connectivity index (χ0) is 59.7. The van der Waals surface area contributed by atoms with E-state index in [-0.39, 0.29) is 0 Å². The van der Waals surface area contributed by atoms with Crippen molar-refractivity contribution in [1.29, 1.82) is 0 Å². The molecule has 2 atom stereocenters. The first-order valence-corrected chi connectivity index (χ1v) is 36.6. The molecule has 0 radical (unpaired) electrons. The first-order chi connectivity index (χ1) is 42.4. The summed E-state index contributed by atoms with van der Waals surface area (Å²) in [5.74, 6) is 3.51. The number of nitrogens with zero attached hydrogens (tertiary/aromatic N) is 4. The van der Waals surface area contributed by atoms with E-state index in [2.05, 4.69) is 110 Å². The van der Waals surface area contributed by atoms with Gasteiger partial charge in [0, 0.05) is 34.9 Å². The number of aromatic nitrogens is 2. The fourth-order valence-electron chi connectivity index (χ4n) is 14.6. The molecule has 0 saturated heterocycles. The van der Waals surface area contributed by atoms with Gasteiger partial charge >= 0.3 is 0 Å². The summed E-state index contributed by atoms with van der Waals surface area (Å²) in [6.45, 7) is 11.2. The van der Waals surface area contributed by atoms with Crippen LogP contribution in [0.2, 0.25) is 10.0 Å². The molecule has 7 aromatic rings. The van der Waals surface area contributed by atoms with Crippen molar-refractivity contribution in [3.8, 4) is 23.0 Å². The Morgan fingerprint density at radius 3 is 0.907 bits per heavy atom. The number of benzene rings is 5. The van der Waals surface area contributed by atoms with Crippen LogP contribution in [0.15, 0.2) is 82.8 Å². The van der Waals surface area contributed by atoms with E-state index in [1.807, 2.05) is 0 Å². The first kappa shape index (κ1) is 65.9. The predicted molar refractivity (Wildman–Crippen MR) is 371 cm³/mol. The Bertz CT molecular complexity index is 3100. The van der Waals surface area contributed by atoms with E-state index in [0.717, 1.165) is 46.7 Å². The molecule has 5 aromatic carbocycles. The molecular formula is C78H110Cl2N4O2. The highest BCUT2D eigenvalue weighted by atomic mass is 35.5. The van der Waals surface area contributed by atoms with Gasteiger partial charge in [0.2, 0.25) is 0 Å². The minimum atomic E-state index is 0.361. The maximum atomic E-state index is 7.55. The summed E-state index contributed by atoms with van der Waals surface area (Å²) >= 11 is 15.1. The van der Waals surface area contributed by atoms with Gasteiger partial charge in [-0.3, -0.25) is 0 Å². The Morgan fingerprint density at radius 2 is 0.605 bits per heavy atom. The number of halogens is 2. The molecule has 0 aliphatic carbocycles. The van der Waals surface area contributed by atoms with Gasteiger partial charge in [-0.15, -0.1) is 0 Å². The van der Waals surface area contributed by atoms with Crippen molar-refractivity contribution in [1.82, 2.24) is 9.13 Å². The summed E-state index contributed by atoms with van der Waals surface area (Å²) in [5, 5.41) is 6.18. The van der Waals surface area contributed by atoms with E-state index in [4.69, 9.17) is 42.7 Å². The summed E-state index contributed by atoms with van der Waals surface area (Å²) in [4.78, 5) is 10.6. The number of rotatable bonds is 44. The van der Waals surface area contributed by atoms with E-state index in [9.17, 15) is 0 Å². The Labute approximate surface area is 529 Å². The molecule has 2 aliphatic rings. The Kier molecular flexibility index (Phi) is 27.3. The largest absolute Gasteiger partial charge is 0.450 e. The van der Waals surface area contributed by atoms with Gasteiger partial charge in [-0.05, 0) is 73.9 Å². The molecule has 2 aromatic heterocycles. The molecule has 0 N–H and O–H groups in total. The summed E-state index contributed by atoms with van der Waals surface area (Å²) in [5.41, 5.74) is 6.32. The normalized spacial score (nSPS) is 13.4. The van der Waals surface area contributed by atoms with E-state index in [0.29, 0.717) is 44.1 Å². The van der Waals surface area contributed by atoms with Crippen LogP contribution in [0.5, 0.6) is 23.0 Å². The Balaban J connectivity index is 0.955. The summed E-state index contributed by atoms with van der Waals surface area (Å²) < 4.78 is 19.4. The van der Waals surface area contributed by atoms with E-state index >= 15 is 0 Å². The SMILES string of the molecule is CCCCCCCCCCCCC(CCCCCCCCCC)Cn1c2ccccc2c2c3c(ccc21)N=c1c(Cl)c2c(c(Cl)c1O3)=Nc1ccc3c(c1O2)c1ccccc1n3CC(CCCCCCCCCC)CCCCCCCCCCCC. The highest BCUT2D eigenvalue weighted by molar-refractivity contribution is 6.35. The van der Waals surface area contributed by atoms with Crippen LogP contribution < -0.4 is 20.2 Å². The van der Waals surface area contributed by atoms with Gasteiger partial charge in [-0.1, -0.05) is 318 Å². The molecule has 0 spiro atoms. The van der Waals surface area contributed by atoms with Crippen LogP contribution in [0.25, 0.3) is 43.6 Å². The van der Waals surface area contributed by atoms with Crippen LogP contribution in [-0.2, 0) is 13.1 Å². The molecule has 0 bridgehead atoms. The predicted octanol–water partition coefficient (Wildman–Crippen LogP) is 26.2. The number of hydrogen-bond donors (Lipinski definition) is 0. The van der Waals surface area contributed by atoms with E-state index < -0.39 is 0 Å². The van der Waals surface area contributed by atoms with Crippen molar-refractivity contribution in [2.24, 2.45) is 21.8 Å².